The Morgan fingerprint density at radius 1 is 1.22 bits per heavy atom. The third-order valence-corrected chi connectivity index (χ3v) is 3.42. The van der Waals surface area contributed by atoms with Gasteiger partial charge in [-0.2, -0.15) is 8.78 Å². The molecule has 7 heteroatoms. The van der Waals surface area contributed by atoms with Crippen molar-refractivity contribution in [2.45, 2.75) is 26.1 Å². The van der Waals surface area contributed by atoms with Gasteiger partial charge in [0.1, 0.15) is 5.75 Å². The molecule has 0 fully saturated rings. The Kier molecular flexibility index (Phi) is 3.63. The first-order valence-corrected chi connectivity index (χ1v) is 6.91. The number of fused-ring (bicyclic) bond motifs is 1. The second-order valence-electron chi connectivity index (χ2n) is 5.54. The van der Waals surface area contributed by atoms with Crippen LogP contribution in [0.3, 0.4) is 0 Å². The highest BCUT2D eigenvalue weighted by Crippen LogP contribution is 2.36. The first-order valence-electron chi connectivity index (χ1n) is 6.91. The number of rotatable bonds is 3. The van der Waals surface area contributed by atoms with Gasteiger partial charge in [0.25, 0.3) is 5.91 Å². The number of benzene rings is 1. The second kappa shape index (κ2) is 5.49. The van der Waals surface area contributed by atoms with Crippen LogP contribution in [0.25, 0.3) is 11.1 Å². The van der Waals surface area contributed by atoms with Crippen molar-refractivity contribution in [2.75, 3.05) is 5.32 Å². The summed E-state index contributed by atoms with van der Waals surface area (Å²) < 4.78 is 34.2. The Morgan fingerprint density at radius 2 is 1.96 bits per heavy atom. The zero-order valence-corrected chi connectivity index (χ0v) is 12.5. The molecule has 1 aliphatic heterocycles. The molecule has 23 heavy (non-hydrogen) atoms. The van der Waals surface area contributed by atoms with Gasteiger partial charge < -0.3 is 14.8 Å². The molecule has 120 valence electrons. The predicted molar refractivity (Wildman–Crippen MR) is 79.6 cm³/mol. The van der Waals surface area contributed by atoms with Crippen molar-refractivity contribution in [3.8, 4) is 22.8 Å². The Morgan fingerprint density at radius 3 is 2.61 bits per heavy atom. The molecule has 2 heterocycles. The standard InChI is InChI=1S/C16H14F2N2O3/c1-16(2)14(21)20-11-5-3-9(7-12(11)23-16)10-4-6-13(19-8-10)22-15(17)18/h3-8,15H,1-2H3,(H,20,21). The summed E-state index contributed by atoms with van der Waals surface area (Å²) in [5.74, 6) is 0.180. The highest BCUT2D eigenvalue weighted by Gasteiger charge is 2.35. The van der Waals surface area contributed by atoms with Crippen molar-refractivity contribution in [1.29, 1.82) is 0 Å². The Labute approximate surface area is 131 Å². The van der Waals surface area contributed by atoms with E-state index in [1.807, 2.05) is 0 Å². The minimum Gasteiger partial charge on any atom is -0.476 e. The van der Waals surface area contributed by atoms with Crippen LogP contribution in [-0.2, 0) is 4.79 Å². The van der Waals surface area contributed by atoms with Crippen LogP contribution in [-0.4, -0.2) is 23.1 Å². The van der Waals surface area contributed by atoms with Crippen molar-refractivity contribution < 1.29 is 23.0 Å². The van der Waals surface area contributed by atoms with Crippen molar-refractivity contribution in [3.05, 3.63) is 36.5 Å². The van der Waals surface area contributed by atoms with E-state index in [0.29, 0.717) is 17.0 Å². The number of carbonyl (C=O) groups is 1. The van der Waals surface area contributed by atoms with E-state index in [9.17, 15) is 13.6 Å². The number of anilines is 1. The molecule has 2 aromatic rings. The van der Waals surface area contributed by atoms with Crippen molar-refractivity contribution in [3.63, 3.8) is 0 Å². The number of hydrogen-bond donors (Lipinski definition) is 1. The van der Waals surface area contributed by atoms with E-state index in [4.69, 9.17) is 4.74 Å². The molecule has 0 aliphatic carbocycles. The number of aromatic nitrogens is 1. The third-order valence-electron chi connectivity index (χ3n) is 3.42. The van der Waals surface area contributed by atoms with Gasteiger partial charge >= 0.3 is 6.61 Å². The first-order chi connectivity index (χ1) is 10.8. The SMILES string of the molecule is CC1(C)Oc2cc(-c3ccc(OC(F)F)nc3)ccc2NC1=O. The predicted octanol–water partition coefficient (Wildman–Crippen LogP) is 3.46. The molecule has 0 bridgehead atoms. The average Bonchev–Trinajstić information content (AvgIpc) is 2.48. The molecule has 1 aliphatic rings. The molecule has 0 saturated carbocycles. The number of hydrogen-bond acceptors (Lipinski definition) is 4. The van der Waals surface area contributed by atoms with Crippen LogP contribution in [0.15, 0.2) is 36.5 Å². The fourth-order valence-corrected chi connectivity index (χ4v) is 2.20. The summed E-state index contributed by atoms with van der Waals surface area (Å²) in [6.45, 7) is 0.447. The maximum Gasteiger partial charge on any atom is 0.388 e. The summed E-state index contributed by atoms with van der Waals surface area (Å²) in [7, 11) is 0. The van der Waals surface area contributed by atoms with E-state index in [-0.39, 0.29) is 11.8 Å². The number of pyridine rings is 1. The monoisotopic (exact) mass is 320 g/mol. The van der Waals surface area contributed by atoms with Crippen LogP contribution in [0, 0.1) is 0 Å². The Hall–Kier alpha value is -2.70. The van der Waals surface area contributed by atoms with Crippen LogP contribution in [0.5, 0.6) is 11.6 Å². The third kappa shape index (κ3) is 3.08. The lowest BCUT2D eigenvalue weighted by atomic mass is 10.0. The van der Waals surface area contributed by atoms with Gasteiger partial charge in [-0.15, -0.1) is 0 Å². The van der Waals surface area contributed by atoms with Gasteiger partial charge in [0.2, 0.25) is 5.88 Å². The molecular formula is C16H14F2N2O3. The van der Waals surface area contributed by atoms with E-state index >= 15 is 0 Å². The maximum absolute atomic E-state index is 12.1. The summed E-state index contributed by atoms with van der Waals surface area (Å²) >= 11 is 0. The number of halogens is 2. The second-order valence-corrected chi connectivity index (χ2v) is 5.54. The van der Waals surface area contributed by atoms with Crippen LogP contribution >= 0.6 is 0 Å². The number of amides is 1. The van der Waals surface area contributed by atoms with Gasteiger partial charge in [0.05, 0.1) is 5.69 Å². The molecule has 0 atom stereocenters. The summed E-state index contributed by atoms with van der Waals surface area (Å²) in [5.41, 5.74) is 1.13. The molecule has 1 aromatic carbocycles. The molecular weight excluding hydrogens is 306 g/mol. The Balaban J connectivity index is 1.89. The number of alkyl halides is 2. The fourth-order valence-electron chi connectivity index (χ4n) is 2.20. The first kappa shape index (κ1) is 15.2. The molecule has 0 saturated heterocycles. The van der Waals surface area contributed by atoms with Crippen LogP contribution in [0.4, 0.5) is 14.5 Å². The highest BCUT2D eigenvalue weighted by molar-refractivity contribution is 6.00. The molecule has 0 unspecified atom stereocenters. The van der Waals surface area contributed by atoms with E-state index in [1.165, 1.54) is 12.3 Å². The molecule has 1 amide bonds. The molecule has 0 radical (unpaired) electrons. The van der Waals surface area contributed by atoms with Crippen molar-refractivity contribution >= 4 is 11.6 Å². The normalized spacial score (nSPS) is 15.6. The summed E-state index contributed by atoms with van der Waals surface area (Å²) in [6.07, 6.45) is 1.44. The van der Waals surface area contributed by atoms with Gasteiger partial charge in [-0.05, 0) is 37.6 Å². The zero-order valence-electron chi connectivity index (χ0n) is 12.5. The van der Waals surface area contributed by atoms with Crippen LogP contribution in [0.1, 0.15) is 13.8 Å². The molecule has 3 rings (SSSR count). The number of nitrogens with one attached hydrogen (secondary N) is 1. The highest BCUT2D eigenvalue weighted by atomic mass is 19.3. The van der Waals surface area contributed by atoms with Crippen molar-refractivity contribution in [2.24, 2.45) is 0 Å². The largest absolute Gasteiger partial charge is 0.476 e. The van der Waals surface area contributed by atoms with E-state index in [0.717, 1.165) is 5.56 Å². The Bertz CT molecular complexity index is 745. The zero-order chi connectivity index (χ0) is 16.6. The smallest absolute Gasteiger partial charge is 0.388 e. The topological polar surface area (TPSA) is 60.5 Å². The molecule has 1 N–H and O–H groups in total. The van der Waals surface area contributed by atoms with Crippen LogP contribution < -0.4 is 14.8 Å². The van der Waals surface area contributed by atoms with Crippen LogP contribution in [0.2, 0.25) is 0 Å². The summed E-state index contributed by atoms with van der Waals surface area (Å²) in [5, 5.41) is 2.78. The number of ether oxygens (including phenoxy) is 2. The minimum absolute atomic E-state index is 0.147. The van der Waals surface area contributed by atoms with E-state index < -0.39 is 12.2 Å². The lowest BCUT2D eigenvalue weighted by molar-refractivity contribution is -0.129. The van der Waals surface area contributed by atoms with Gasteiger partial charge in [-0.3, -0.25) is 4.79 Å². The maximum atomic E-state index is 12.1. The molecule has 5 nitrogen and oxygen atoms in total. The van der Waals surface area contributed by atoms with Gasteiger partial charge in [0, 0.05) is 17.8 Å². The summed E-state index contributed by atoms with van der Waals surface area (Å²) in [4.78, 5) is 15.7. The minimum atomic E-state index is -2.91. The lowest BCUT2D eigenvalue weighted by Crippen LogP contribution is -2.45. The molecule has 1 aromatic heterocycles. The van der Waals surface area contributed by atoms with E-state index in [2.05, 4.69) is 15.0 Å². The van der Waals surface area contributed by atoms with Gasteiger partial charge in [-0.1, -0.05) is 6.07 Å². The fraction of sp³-hybridized carbons (Fsp3) is 0.250. The quantitative estimate of drug-likeness (QED) is 0.941. The molecule has 0 spiro atoms. The van der Waals surface area contributed by atoms with Gasteiger partial charge in [-0.25, -0.2) is 4.98 Å². The van der Waals surface area contributed by atoms with E-state index in [1.54, 1.807) is 38.1 Å². The number of carbonyl (C=O) groups excluding carboxylic acids is 1. The van der Waals surface area contributed by atoms with Gasteiger partial charge in [0.15, 0.2) is 5.60 Å². The lowest BCUT2D eigenvalue weighted by Gasteiger charge is -2.31. The van der Waals surface area contributed by atoms with Crippen molar-refractivity contribution in [1.82, 2.24) is 4.98 Å². The number of nitrogens with zero attached hydrogens (tertiary/aromatic N) is 1. The summed E-state index contributed by atoms with van der Waals surface area (Å²) in [6, 6.07) is 8.26. The average molecular weight is 320 g/mol.